The first-order chi connectivity index (χ1) is 16.2. The number of nitrogens with one attached hydrogen (secondary N) is 1. The Morgan fingerprint density at radius 1 is 1.32 bits per heavy atom. The highest BCUT2D eigenvalue weighted by Crippen LogP contribution is 2.44. The van der Waals surface area contributed by atoms with E-state index < -0.39 is 34.6 Å². The molecule has 0 aliphatic carbocycles. The SMILES string of the molecule is CCN1C(=O)c2c(O)c(=O)c(C(=O)NCc3ccc(F)cc3F)cn2N2C[C@@]3(CCOC3)C[C@@H]12. The lowest BCUT2D eigenvalue weighted by atomic mass is 9.86. The Kier molecular flexibility index (Phi) is 5.31. The smallest absolute Gasteiger partial charge is 0.278 e. The van der Waals surface area contributed by atoms with Crippen molar-refractivity contribution in [1.82, 2.24) is 14.9 Å². The van der Waals surface area contributed by atoms with Crippen LogP contribution in [0.25, 0.3) is 0 Å². The maximum atomic E-state index is 13.9. The molecule has 180 valence electrons. The van der Waals surface area contributed by atoms with Crippen molar-refractivity contribution in [3.05, 3.63) is 63.1 Å². The monoisotopic (exact) mass is 474 g/mol. The van der Waals surface area contributed by atoms with E-state index in [4.69, 9.17) is 4.74 Å². The molecular formula is C23H24F2N4O5. The van der Waals surface area contributed by atoms with Crippen LogP contribution in [0.2, 0.25) is 0 Å². The van der Waals surface area contributed by atoms with Crippen molar-refractivity contribution in [2.24, 2.45) is 5.41 Å². The Morgan fingerprint density at radius 2 is 2.12 bits per heavy atom. The number of nitrogens with zero attached hydrogens (tertiary/aromatic N) is 3. The lowest BCUT2D eigenvalue weighted by Gasteiger charge is -2.42. The molecule has 0 radical (unpaired) electrons. The number of carbonyl (C=O) groups is 2. The summed E-state index contributed by atoms with van der Waals surface area (Å²) in [5.74, 6) is -3.73. The molecule has 3 aliphatic rings. The van der Waals surface area contributed by atoms with E-state index in [1.165, 1.54) is 16.9 Å². The zero-order chi connectivity index (χ0) is 24.2. The van der Waals surface area contributed by atoms with Gasteiger partial charge in [0.1, 0.15) is 23.4 Å². The molecule has 1 aromatic carbocycles. The van der Waals surface area contributed by atoms with E-state index in [1.54, 1.807) is 4.90 Å². The van der Waals surface area contributed by atoms with Crippen molar-refractivity contribution in [2.75, 3.05) is 31.3 Å². The molecule has 5 rings (SSSR count). The third-order valence-electron chi connectivity index (χ3n) is 6.95. The zero-order valence-electron chi connectivity index (χ0n) is 18.5. The van der Waals surface area contributed by atoms with Gasteiger partial charge in [-0.1, -0.05) is 6.07 Å². The van der Waals surface area contributed by atoms with Gasteiger partial charge < -0.3 is 20.1 Å². The van der Waals surface area contributed by atoms with E-state index in [9.17, 15) is 28.3 Å². The second-order valence-electron chi connectivity index (χ2n) is 9.01. The molecule has 0 bridgehead atoms. The number of aromatic hydroxyl groups is 1. The zero-order valence-corrected chi connectivity index (χ0v) is 18.5. The first-order valence-electron chi connectivity index (χ1n) is 11.1. The third kappa shape index (κ3) is 3.42. The number of hydrogen-bond donors (Lipinski definition) is 2. The van der Waals surface area contributed by atoms with Crippen molar-refractivity contribution in [3.8, 4) is 5.75 Å². The maximum absolute atomic E-state index is 13.9. The summed E-state index contributed by atoms with van der Waals surface area (Å²) in [5.41, 5.74) is -1.71. The Labute approximate surface area is 193 Å². The number of rotatable bonds is 4. The predicted molar refractivity (Wildman–Crippen MR) is 116 cm³/mol. The Hall–Kier alpha value is -3.47. The second-order valence-corrected chi connectivity index (χ2v) is 9.01. The molecule has 9 nitrogen and oxygen atoms in total. The van der Waals surface area contributed by atoms with Gasteiger partial charge in [0.15, 0.2) is 11.4 Å². The van der Waals surface area contributed by atoms with Crippen LogP contribution in [0.4, 0.5) is 8.78 Å². The highest BCUT2D eigenvalue weighted by Gasteiger charge is 2.52. The van der Waals surface area contributed by atoms with Crippen LogP contribution in [0.5, 0.6) is 5.75 Å². The summed E-state index contributed by atoms with van der Waals surface area (Å²) < 4.78 is 34.1. The first-order valence-corrected chi connectivity index (χ1v) is 11.1. The molecule has 4 heterocycles. The molecule has 2 atom stereocenters. The molecule has 2 saturated heterocycles. The minimum Gasteiger partial charge on any atom is -0.502 e. The fourth-order valence-electron chi connectivity index (χ4n) is 5.15. The first kappa shape index (κ1) is 22.3. The summed E-state index contributed by atoms with van der Waals surface area (Å²) in [6, 6.07) is 2.95. The van der Waals surface area contributed by atoms with Gasteiger partial charge in [0.25, 0.3) is 11.8 Å². The Bertz CT molecular complexity index is 1240. The lowest BCUT2D eigenvalue weighted by Crippen LogP contribution is -2.58. The van der Waals surface area contributed by atoms with Gasteiger partial charge in [-0.25, -0.2) is 8.78 Å². The van der Waals surface area contributed by atoms with Gasteiger partial charge in [0.2, 0.25) is 5.43 Å². The Morgan fingerprint density at radius 3 is 2.79 bits per heavy atom. The third-order valence-corrected chi connectivity index (χ3v) is 6.95. The summed E-state index contributed by atoms with van der Waals surface area (Å²) in [6.07, 6.45) is 2.44. The van der Waals surface area contributed by atoms with Crippen molar-refractivity contribution in [1.29, 1.82) is 0 Å². The number of amides is 2. The predicted octanol–water partition coefficient (Wildman–Crippen LogP) is 1.31. The minimum absolute atomic E-state index is 0.0357. The number of pyridine rings is 1. The largest absolute Gasteiger partial charge is 0.502 e. The van der Waals surface area contributed by atoms with Gasteiger partial charge in [0.05, 0.1) is 6.61 Å². The van der Waals surface area contributed by atoms with Gasteiger partial charge in [-0.15, -0.1) is 0 Å². The summed E-state index contributed by atoms with van der Waals surface area (Å²) in [7, 11) is 0. The van der Waals surface area contributed by atoms with E-state index in [-0.39, 0.29) is 34.9 Å². The van der Waals surface area contributed by atoms with E-state index in [2.05, 4.69) is 5.32 Å². The molecule has 2 aromatic rings. The molecular weight excluding hydrogens is 450 g/mol. The van der Waals surface area contributed by atoms with Gasteiger partial charge in [-0.3, -0.25) is 24.1 Å². The summed E-state index contributed by atoms with van der Waals surface area (Å²) in [4.78, 5) is 40.5. The van der Waals surface area contributed by atoms with Crippen molar-refractivity contribution < 1.29 is 28.2 Å². The van der Waals surface area contributed by atoms with Crippen molar-refractivity contribution in [2.45, 2.75) is 32.5 Å². The molecule has 2 N–H and O–H groups in total. The van der Waals surface area contributed by atoms with Gasteiger partial charge in [-0.2, -0.15) is 0 Å². The summed E-state index contributed by atoms with van der Waals surface area (Å²) >= 11 is 0. The van der Waals surface area contributed by atoms with Crippen molar-refractivity contribution >= 4 is 11.8 Å². The van der Waals surface area contributed by atoms with Gasteiger partial charge in [0, 0.05) is 49.5 Å². The maximum Gasteiger partial charge on any atom is 0.278 e. The fraction of sp³-hybridized carbons (Fsp3) is 0.435. The van der Waals surface area contributed by atoms with Crippen LogP contribution in [0.1, 0.15) is 46.2 Å². The topological polar surface area (TPSA) is 104 Å². The Balaban J connectivity index is 1.50. The van der Waals surface area contributed by atoms with E-state index in [1.807, 2.05) is 11.9 Å². The normalized spacial score (nSPS) is 23.4. The van der Waals surface area contributed by atoms with Crippen LogP contribution >= 0.6 is 0 Å². The van der Waals surface area contributed by atoms with Crippen LogP contribution in [-0.4, -0.2) is 59.0 Å². The quantitative estimate of drug-likeness (QED) is 0.693. The van der Waals surface area contributed by atoms with Crippen LogP contribution in [0.15, 0.2) is 29.2 Å². The number of fused-ring (bicyclic) bond motifs is 3. The van der Waals surface area contributed by atoms with Crippen LogP contribution < -0.4 is 15.8 Å². The number of aromatic nitrogens is 1. The van der Waals surface area contributed by atoms with E-state index >= 15 is 0 Å². The van der Waals surface area contributed by atoms with Gasteiger partial charge >= 0.3 is 0 Å². The molecule has 34 heavy (non-hydrogen) atoms. The molecule has 11 heteroatoms. The standard InChI is InChI=1S/C23H24F2N4O5/c1-2-27-17-8-23(5-6-34-12-23)11-29(17)28-10-15(19(30)20(31)18(28)22(27)33)21(32)26-9-13-3-4-14(24)7-16(13)25/h3-4,7,10,17,31H,2,5-6,8-9,11-12H2,1H3,(H,26,32)/t17-,23+/m0/s1. The number of carbonyl (C=O) groups excluding carboxylic acids is 2. The molecule has 3 aliphatic heterocycles. The number of hydrogen-bond acceptors (Lipinski definition) is 6. The summed E-state index contributed by atoms with van der Waals surface area (Å²) in [6.45, 7) is 3.62. The number of halogens is 2. The lowest BCUT2D eigenvalue weighted by molar-refractivity contribution is 0.0593. The number of benzene rings is 1. The molecule has 1 spiro atoms. The van der Waals surface area contributed by atoms with E-state index in [0.717, 1.165) is 12.5 Å². The van der Waals surface area contributed by atoms with Gasteiger partial charge in [-0.05, 0) is 25.8 Å². The molecule has 0 saturated carbocycles. The molecule has 1 aromatic heterocycles. The second kappa shape index (κ2) is 8.08. The highest BCUT2D eigenvalue weighted by molar-refractivity contribution is 5.99. The number of ether oxygens (including phenoxy) is 1. The van der Waals surface area contributed by atoms with Crippen LogP contribution in [-0.2, 0) is 11.3 Å². The molecule has 2 amide bonds. The molecule has 0 unspecified atom stereocenters. The minimum atomic E-state index is -0.996. The highest BCUT2D eigenvalue weighted by atomic mass is 19.1. The fourth-order valence-corrected chi connectivity index (χ4v) is 5.15. The van der Waals surface area contributed by atoms with Crippen molar-refractivity contribution in [3.63, 3.8) is 0 Å². The average Bonchev–Trinajstić information content (AvgIpc) is 3.41. The van der Waals surface area contributed by atoms with Crippen LogP contribution in [0.3, 0.4) is 0 Å². The molecule has 2 fully saturated rings. The summed E-state index contributed by atoms with van der Waals surface area (Å²) in [5, 5.41) is 15.0. The average molecular weight is 474 g/mol. The van der Waals surface area contributed by atoms with E-state index in [0.29, 0.717) is 38.8 Å². The van der Waals surface area contributed by atoms with Crippen LogP contribution in [0, 0.1) is 17.0 Å².